The predicted octanol–water partition coefficient (Wildman–Crippen LogP) is 22.8. The zero-order valence-electron chi connectivity index (χ0n) is 50.5. The first-order chi connectivity index (χ1) is 45.0. The van der Waals surface area contributed by atoms with E-state index in [-0.39, 0.29) is 5.92 Å². The monoisotopic (exact) mass is 1160 g/mol. The summed E-state index contributed by atoms with van der Waals surface area (Å²) in [4.78, 5) is 16.1. The fourth-order valence-electron chi connectivity index (χ4n) is 13.6. The lowest BCUT2D eigenvalue weighted by atomic mass is 9.84. The molecule has 13 aromatic rings. The quantitative estimate of drug-likeness (QED) is 0.116. The van der Waals surface area contributed by atoms with Crippen LogP contribution in [0.25, 0.3) is 128 Å². The average molecular weight is 1170 g/mol. The Morgan fingerprint density at radius 1 is 0.308 bits per heavy atom. The van der Waals surface area contributed by atoms with E-state index in [0.29, 0.717) is 17.5 Å². The lowest BCUT2D eigenvalue weighted by Gasteiger charge is -2.21. The lowest BCUT2D eigenvalue weighted by Crippen LogP contribution is -2.03. The summed E-state index contributed by atoms with van der Waals surface area (Å²) in [5.41, 5.74) is 27.1. The largest absolute Gasteiger partial charge is 0.310 e. The molecule has 0 saturated carbocycles. The maximum Gasteiger partial charge on any atom is 0.164 e. The summed E-state index contributed by atoms with van der Waals surface area (Å²) >= 11 is 0. The number of aromatic nitrogens is 4. The minimum absolute atomic E-state index is 0.192. The maximum absolute atomic E-state index is 5.37. The van der Waals surface area contributed by atoms with Crippen molar-refractivity contribution < 1.29 is 0 Å². The zero-order chi connectivity index (χ0) is 60.5. The fraction of sp³-hybridized carbons (Fsp3) is 0.0690. The van der Waals surface area contributed by atoms with Crippen LogP contribution in [0.4, 0.5) is 0 Å². The van der Waals surface area contributed by atoms with Crippen molar-refractivity contribution in [2.24, 2.45) is 0 Å². The molecule has 0 bridgehead atoms. The van der Waals surface area contributed by atoms with E-state index in [1.54, 1.807) is 0 Å². The second-order valence-corrected chi connectivity index (χ2v) is 24.1. The number of nitrogens with zero attached hydrogens (tertiary/aromatic N) is 4. The van der Waals surface area contributed by atoms with Gasteiger partial charge in [-0.3, -0.25) is 0 Å². The summed E-state index contributed by atoms with van der Waals surface area (Å²) in [5, 5.41) is 2.55. The highest BCUT2D eigenvalue weighted by molar-refractivity contribution is 6.10. The van der Waals surface area contributed by atoms with E-state index in [1.165, 1.54) is 94.3 Å². The molecule has 2 heterocycles. The van der Waals surface area contributed by atoms with Crippen molar-refractivity contribution in [1.82, 2.24) is 19.5 Å². The van der Waals surface area contributed by atoms with Crippen LogP contribution in [0.1, 0.15) is 54.7 Å². The molecule has 0 aliphatic heterocycles. The lowest BCUT2D eigenvalue weighted by molar-refractivity contribution is 0.845. The SMILES string of the molecule is C1=CC(C2=CCCC(c3ccccc3)=C2)=CC(c2cccc(-c3nc(-c4ccc(-c5cccc(-c6cccc(-c7cccc(-c8ccccc8)c7)c6)c5)cc4)nc(-c4cccc(-c5cccc(C6=CC(n7c8ccccc8c8ccccc87)=CCC6)c5)c4)n3)c2)C1. The highest BCUT2D eigenvalue weighted by Crippen LogP contribution is 2.40. The number of hydrogen-bond acceptors (Lipinski definition) is 3. The summed E-state index contributed by atoms with van der Waals surface area (Å²) in [6.07, 6.45) is 21.6. The van der Waals surface area contributed by atoms with Gasteiger partial charge in [0, 0.05) is 39.1 Å². The van der Waals surface area contributed by atoms with Crippen molar-refractivity contribution in [2.45, 2.75) is 38.0 Å². The predicted molar refractivity (Wildman–Crippen MR) is 381 cm³/mol. The summed E-state index contributed by atoms with van der Waals surface area (Å²) in [6, 6.07) is 101. The number of benzene rings is 11. The van der Waals surface area contributed by atoms with E-state index in [1.807, 2.05) is 0 Å². The topological polar surface area (TPSA) is 43.6 Å². The van der Waals surface area contributed by atoms with E-state index in [4.69, 9.17) is 15.0 Å². The van der Waals surface area contributed by atoms with Gasteiger partial charge in [0.15, 0.2) is 17.5 Å². The van der Waals surface area contributed by atoms with Crippen molar-refractivity contribution in [1.29, 1.82) is 0 Å². The molecule has 0 radical (unpaired) electrons. The molecule has 0 saturated heterocycles. The Hall–Kier alpha value is -11.3. The van der Waals surface area contributed by atoms with E-state index in [0.717, 1.165) is 76.6 Å². The highest BCUT2D eigenvalue weighted by atomic mass is 15.0. The van der Waals surface area contributed by atoms with Crippen LogP contribution in [0.15, 0.2) is 333 Å². The van der Waals surface area contributed by atoms with Crippen LogP contribution in [0.3, 0.4) is 0 Å². The standard InChI is InChI=1S/C87H64N4/c1-3-20-59(21-4-1)63-24-11-27-66(50-63)69-30-14-31-70(53-69)68-29-13-26-65(52-68)61-46-48-62(49-47-61)85-88-86(78-39-17-36-75(56-78)72-33-15-32-71(54-72)67-28-12-25-64(51-67)60-22-5-2-6-23-60)90-87(89-85)79-40-18-37-76(57-79)73-34-16-35-74(55-73)77-38-19-41-80(58-77)91-83-44-9-7-42-81(83)82-43-8-10-45-84(82)91/h1-11,13-18,20-24,26-32,34-37,39-58,72H,12,19,25,33,38H2. The molecule has 0 fully saturated rings. The van der Waals surface area contributed by atoms with E-state index < -0.39 is 0 Å². The first kappa shape index (κ1) is 55.0. The zero-order valence-corrected chi connectivity index (χ0v) is 50.5. The van der Waals surface area contributed by atoms with Crippen molar-refractivity contribution in [3.05, 3.63) is 349 Å². The normalized spacial score (nSPS) is 14.8. The summed E-state index contributed by atoms with van der Waals surface area (Å²) < 4.78 is 2.43. The molecule has 4 nitrogen and oxygen atoms in total. The maximum atomic E-state index is 5.37. The third-order valence-electron chi connectivity index (χ3n) is 18.3. The molecule has 91 heavy (non-hydrogen) atoms. The van der Waals surface area contributed by atoms with Crippen molar-refractivity contribution in [3.63, 3.8) is 0 Å². The molecule has 2 aromatic heterocycles. The van der Waals surface area contributed by atoms with Gasteiger partial charge in [-0.15, -0.1) is 0 Å². The molecule has 0 N–H and O–H groups in total. The van der Waals surface area contributed by atoms with Crippen LogP contribution in [0.5, 0.6) is 0 Å². The molecular weight excluding hydrogens is 1100 g/mol. The number of fused-ring (bicyclic) bond motifs is 3. The number of allylic oxidation sites excluding steroid dienone is 12. The molecule has 0 amide bonds. The Labute approximate surface area is 532 Å². The van der Waals surface area contributed by atoms with Gasteiger partial charge >= 0.3 is 0 Å². The molecule has 3 aliphatic carbocycles. The van der Waals surface area contributed by atoms with E-state index >= 15 is 0 Å². The summed E-state index contributed by atoms with van der Waals surface area (Å²) in [7, 11) is 0. The molecule has 11 aromatic carbocycles. The van der Waals surface area contributed by atoms with Crippen LogP contribution in [-0.4, -0.2) is 19.5 Å². The molecule has 16 rings (SSSR count). The van der Waals surface area contributed by atoms with Crippen molar-refractivity contribution >= 4 is 38.6 Å². The van der Waals surface area contributed by atoms with Crippen LogP contribution in [0, 0.1) is 0 Å². The van der Waals surface area contributed by atoms with Crippen molar-refractivity contribution in [3.8, 4) is 89.8 Å². The smallest absolute Gasteiger partial charge is 0.164 e. The van der Waals surface area contributed by atoms with E-state index in [9.17, 15) is 0 Å². The molecular formula is C87H64N4. The molecule has 0 spiro atoms. The van der Waals surface area contributed by atoms with Gasteiger partial charge in [0.05, 0.1) is 11.0 Å². The minimum atomic E-state index is 0.192. The van der Waals surface area contributed by atoms with Gasteiger partial charge in [-0.05, 0) is 181 Å². The van der Waals surface area contributed by atoms with Gasteiger partial charge in [0.25, 0.3) is 0 Å². The number of para-hydroxylation sites is 2. The Morgan fingerprint density at radius 3 is 1.30 bits per heavy atom. The Morgan fingerprint density at radius 2 is 0.714 bits per heavy atom. The van der Waals surface area contributed by atoms with Gasteiger partial charge in [-0.2, -0.15) is 0 Å². The first-order valence-corrected chi connectivity index (χ1v) is 31.8. The Bertz CT molecular complexity index is 5070. The second-order valence-electron chi connectivity index (χ2n) is 24.1. The first-order valence-electron chi connectivity index (χ1n) is 31.8. The van der Waals surface area contributed by atoms with Crippen LogP contribution < -0.4 is 0 Å². The second kappa shape index (κ2) is 24.3. The average Bonchev–Trinajstić information content (AvgIpc) is 1.67. The minimum Gasteiger partial charge on any atom is -0.310 e. The summed E-state index contributed by atoms with van der Waals surface area (Å²) in [6.45, 7) is 0. The fourth-order valence-corrected chi connectivity index (χ4v) is 13.6. The van der Waals surface area contributed by atoms with Gasteiger partial charge < -0.3 is 4.57 Å². The van der Waals surface area contributed by atoms with Crippen molar-refractivity contribution in [2.75, 3.05) is 0 Å². The molecule has 432 valence electrons. The Balaban J connectivity index is 0.730. The van der Waals surface area contributed by atoms with Gasteiger partial charge in [-0.25, -0.2) is 15.0 Å². The van der Waals surface area contributed by atoms with Crippen LogP contribution in [-0.2, 0) is 0 Å². The molecule has 4 heteroatoms. The molecule has 3 aliphatic rings. The van der Waals surface area contributed by atoms with Crippen LogP contribution in [0.2, 0.25) is 0 Å². The van der Waals surface area contributed by atoms with Crippen LogP contribution >= 0.6 is 0 Å². The number of hydrogen-bond donors (Lipinski definition) is 0. The summed E-state index contributed by atoms with van der Waals surface area (Å²) in [5.74, 6) is 2.07. The van der Waals surface area contributed by atoms with E-state index in [2.05, 4.69) is 326 Å². The molecule has 1 atom stereocenters. The third-order valence-corrected chi connectivity index (χ3v) is 18.3. The number of rotatable bonds is 13. The third kappa shape index (κ3) is 11.3. The van der Waals surface area contributed by atoms with Gasteiger partial charge in [-0.1, -0.05) is 267 Å². The highest BCUT2D eigenvalue weighted by Gasteiger charge is 2.21. The molecule has 1 unspecified atom stereocenters. The van der Waals surface area contributed by atoms with Gasteiger partial charge in [0.2, 0.25) is 0 Å². The Kier molecular flexibility index (Phi) is 14.7. The van der Waals surface area contributed by atoms with Gasteiger partial charge in [0.1, 0.15) is 0 Å².